The first-order valence-corrected chi connectivity index (χ1v) is 0.775. The SMILES string of the molecule is OB(O)O.[La].[Mo]. The van der Waals surface area contributed by atoms with Crippen molar-refractivity contribution in [1.29, 1.82) is 0 Å². The van der Waals surface area contributed by atoms with Crippen LogP contribution in [-0.2, 0) is 21.1 Å². The normalized spacial score (nSPS) is 4.50. The van der Waals surface area contributed by atoms with Crippen LogP contribution in [-0.4, -0.2) is 22.4 Å². The molecule has 0 atom stereocenters. The Hall–Kier alpha value is 1.83. The quantitative estimate of drug-likeness (QED) is 0.451. The zero-order valence-electron chi connectivity index (χ0n) is 2.90. The first-order valence-electron chi connectivity index (χ1n) is 0.775. The Balaban J connectivity index is -0.0000000450. The molecule has 0 aliphatic rings. The minimum atomic E-state index is -2.17. The molecule has 0 bridgehead atoms. The van der Waals surface area contributed by atoms with Gasteiger partial charge in [0, 0.05) is 56.7 Å². The van der Waals surface area contributed by atoms with Crippen LogP contribution in [0.25, 0.3) is 0 Å². The van der Waals surface area contributed by atoms with E-state index in [1.165, 1.54) is 0 Å². The van der Waals surface area contributed by atoms with Gasteiger partial charge in [0.15, 0.2) is 0 Å². The van der Waals surface area contributed by atoms with E-state index in [-0.39, 0.29) is 56.7 Å². The van der Waals surface area contributed by atoms with Crippen molar-refractivity contribution in [2.75, 3.05) is 0 Å². The maximum absolute atomic E-state index is 7.17. The summed E-state index contributed by atoms with van der Waals surface area (Å²) in [4.78, 5) is 0. The Morgan fingerprint density at radius 2 is 1.00 bits per heavy atom. The minimum Gasteiger partial charge on any atom is -0.402 e. The summed E-state index contributed by atoms with van der Waals surface area (Å²) >= 11 is 0. The number of hydrogen-bond acceptors (Lipinski definition) is 3. The van der Waals surface area contributed by atoms with E-state index in [0.29, 0.717) is 0 Å². The van der Waals surface area contributed by atoms with E-state index >= 15 is 0 Å². The van der Waals surface area contributed by atoms with Crippen LogP contribution >= 0.6 is 0 Å². The van der Waals surface area contributed by atoms with Crippen molar-refractivity contribution in [1.82, 2.24) is 0 Å². The molecule has 1 radical (unpaired) electrons. The molecule has 0 saturated heterocycles. The second-order valence-electron chi connectivity index (χ2n) is 0.346. The van der Waals surface area contributed by atoms with E-state index in [9.17, 15) is 0 Å². The van der Waals surface area contributed by atoms with Gasteiger partial charge in [0.1, 0.15) is 0 Å². The second kappa shape index (κ2) is 9.95. The summed E-state index contributed by atoms with van der Waals surface area (Å²) in [5.74, 6) is 0. The van der Waals surface area contributed by atoms with Crippen molar-refractivity contribution in [3.05, 3.63) is 0 Å². The monoisotopic (exact) mass is 299 g/mol. The predicted octanol–water partition coefficient (Wildman–Crippen LogP) is -2.05. The van der Waals surface area contributed by atoms with Crippen LogP contribution in [0, 0.1) is 35.6 Å². The molecule has 0 aromatic heterocycles. The van der Waals surface area contributed by atoms with Gasteiger partial charge in [-0.1, -0.05) is 0 Å². The summed E-state index contributed by atoms with van der Waals surface area (Å²) < 4.78 is 0. The molecule has 0 spiro atoms. The molecular weight excluding hydrogens is 294 g/mol. The van der Waals surface area contributed by atoms with Gasteiger partial charge >= 0.3 is 7.32 Å². The maximum Gasteiger partial charge on any atom is 0.631 e. The smallest absolute Gasteiger partial charge is 0.402 e. The molecule has 0 aromatic carbocycles. The van der Waals surface area contributed by atoms with Crippen LogP contribution in [0.3, 0.4) is 0 Å². The molecule has 6 heavy (non-hydrogen) atoms. The molecule has 0 amide bonds. The molecule has 3 nitrogen and oxygen atoms in total. The van der Waals surface area contributed by atoms with Crippen LogP contribution in [0.5, 0.6) is 0 Å². The van der Waals surface area contributed by atoms with Crippen molar-refractivity contribution in [2.24, 2.45) is 0 Å². The van der Waals surface area contributed by atoms with Crippen molar-refractivity contribution in [3.8, 4) is 0 Å². The molecule has 0 aliphatic carbocycles. The maximum atomic E-state index is 7.17. The first-order chi connectivity index (χ1) is 1.73. The van der Waals surface area contributed by atoms with Crippen molar-refractivity contribution >= 4 is 7.32 Å². The third-order valence-electron chi connectivity index (χ3n) is 0. The minimum absolute atomic E-state index is 0. The third-order valence-corrected chi connectivity index (χ3v) is 0. The standard InChI is InChI=1S/BH3O3.La.Mo/c2-1(3)4;;/h2-4H;;. The average molecular weight is 297 g/mol. The Bertz CT molecular complexity index is 15.5. The molecule has 3 N–H and O–H groups in total. The van der Waals surface area contributed by atoms with Crippen LogP contribution in [0.15, 0.2) is 0 Å². The molecular formula is H3BLaMoO3. The Morgan fingerprint density at radius 1 is 1.00 bits per heavy atom. The first kappa shape index (κ1) is 15.7. The van der Waals surface area contributed by atoms with Gasteiger partial charge in [-0.2, -0.15) is 0 Å². The Morgan fingerprint density at radius 3 is 1.00 bits per heavy atom. The molecule has 0 heterocycles. The largest absolute Gasteiger partial charge is 0.631 e. The van der Waals surface area contributed by atoms with Crippen LogP contribution in [0.4, 0.5) is 0 Å². The van der Waals surface area contributed by atoms with Gasteiger partial charge < -0.3 is 15.1 Å². The van der Waals surface area contributed by atoms with E-state index < -0.39 is 7.32 Å². The average Bonchev–Trinajstić information content (AvgIpc) is 0.811. The van der Waals surface area contributed by atoms with Gasteiger partial charge in [-0.05, 0) is 0 Å². The molecule has 0 saturated carbocycles. The summed E-state index contributed by atoms with van der Waals surface area (Å²) in [6.45, 7) is 0. The van der Waals surface area contributed by atoms with E-state index in [4.69, 9.17) is 15.1 Å². The fourth-order valence-corrected chi connectivity index (χ4v) is 0. The van der Waals surface area contributed by atoms with Crippen molar-refractivity contribution in [2.45, 2.75) is 0 Å². The summed E-state index contributed by atoms with van der Waals surface area (Å²) in [5.41, 5.74) is 0. The van der Waals surface area contributed by atoms with Crippen LogP contribution in [0.2, 0.25) is 0 Å². The van der Waals surface area contributed by atoms with Crippen molar-refractivity contribution < 1.29 is 71.7 Å². The molecule has 0 unspecified atom stereocenters. The van der Waals surface area contributed by atoms with Crippen LogP contribution < -0.4 is 0 Å². The fraction of sp³-hybridized carbons (Fsp3) is 0. The molecule has 0 fully saturated rings. The molecule has 0 rings (SSSR count). The van der Waals surface area contributed by atoms with Gasteiger partial charge in [-0.25, -0.2) is 0 Å². The zero-order valence-corrected chi connectivity index (χ0v) is 8.54. The van der Waals surface area contributed by atoms with E-state index in [1.54, 1.807) is 0 Å². The van der Waals surface area contributed by atoms with Gasteiger partial charge in [-0.15, -0.1) is 0 Å². The van der Waals surface area contributed by atoms with E-state index in [2.05, 4.69) is 0 Å². The molecule has 0 aliphatic heterocycles. The summed E-state index contributed by atoms with van der Waals surface area (Å²) in [6.07, 6.45) is 0. The predicted molar refractivity (Wildman–Crippen MR) is 12.4 cm³/mol. The topological polar surface area (TPSA) is 60.7 Å². The van der Waals surface area contributed by atoms with Crippen molar-refractivity contribution in [3.63, 3.8) is 0 Å². The number of rotatable bonds is 0. The fourth-order valence-electron chi connectivity index (χ4n) is 0. The molecule has 6 heteroatoms. The van der Waals surface area contributed by atoms with E-state index in [0.717, 1.165) is 0 Å². The van der Waals surface area contributed by atoms with E-state index in [1.807, 2.05) is 0 Å². The van der Waals surface area contributed by atoms with Gasteiger partial charge in [-0.3, -0.25) is 0 Å². The van der Waals surface area contributed by atoms with Crippen LogP contribution in [0.1, 0.15) is 0 Å². The summed E-state index contributed by atoms with van der Waals surface area (Å²) in [7, 11) is -2.17. The number of hydrogen-bond donors (Lipinski definition) is 3. The molecule has 33 valence electrons. The summed E-state index contributed by atoms with van der Waals surface area (Å²) in [6, 6.07) is 0. The Labute approximate surface area is 78.2 Å². The third kappa shape index (κ3) is 40.7. The molecule has 0 aromatic rings. The second-order valence-corrected chi connectivity index (χ2v) is 0.346. The summed E-state index contributed by atoms with van der Waals surface area (Å²) in [5, 5.41) is 21.5. The van der Waals surface area contributed by atoms with Gasteiger partial charge in [0.2, 0.25) is 0 Å². The van der Waals surface area contributed by atoms with Gasteiger partial charge in [0.25, 0.3) is 0 Å². The Kier molecular flexibility index (Phi) is 26.0. The van der Waals surface area contributed by atoms with Gasteiger partial charge in [0.05, 0.1) is 0 Å². The zero-order chi connectivity index (χ0) is 3.58.